The summed E-state index contributed by atoms with van der Waals surface area (Å²) in [5, 5.41) is 33.0. The number of aryl methyl sites for hydroxylation is 2. The van der Waals surface area contributed by atoms with Crippen LogP contribution in [0.4, 0.5) is 22.7 Å². The fourth-order valence-corrected chi connectivity index (χ4v) is 17.1. The number of amides is 4. The largest absolute Gasteiger partial charge is 0.312 e. The number of aromatic nitrogens is 8. The lowest BCUT2D eigenvalue weighted by Gasteiger charge is -2.29. The molecule has 4 aliphatic rings. The average molecular weight is 1600 g/mol. The molecule has 0 bridgehead atoms. The molecule has 4 aliphatic heterocycles. The van der Waals surface area contributed by atoms with Crippen molar-refractivity contribution in [1.82, 2.24) is 40.8 Å². The normalized spacial score (nSPS) is 14.0. The summed E-state index contributed by atoms with van der Waals surface area (Å²) in [5.41, 5.74) is 19.7. The van der Waals surface area contributed by atoms with Crippen LogP contribution in [0.5, 0.6) is 0 Å². The van der Waals surface area contributed by atoms with E-state index in [1.54, 1.807) is 24.3 Å². The van der Waals surface area contributed by atoms with Gasteiger partial charge in [0.25, 0.3) is 22.2 Å². The van der Waals surface area contributed by atoms with E-state index in [2.05, 4.69) is 105 Å². The number of anilines is 4. The number of fused-ring (bicyclic) bond motifs is 8. The first kappa shape index (κ1) is 78.6. The van der Waals surface area contributed by atoms with Crippen LogP contribution in [-0.2, 0) is 69.5 Å². The topological polar surface area (TPSA) is 264 Å². The standard InChI is InChI=1S/C26H23N3O2.3C25H21N3O2/c1-26(2)16-29(22-10-6-5-9-21(22)26)23(30)15-17-11-13-18(14-12-17)24-19-7-3-4-8-20(19)25(31)28-27-24;1-16-14-19-6-2-5-9-22(19)28(16)23(29)15-17-10-12-18(13-11-17)24-20-7-3-4-8-21(20)25(30)27-26-24;1-16-6-9-18-12-13-28(22(18)14-16)23(29)15-17-7-10-19(11-8-17)24-20-4-2-3-5-21(20)25(30)27-26-24;29-23(28-15-5-7-18-6-1-4-10-22(18)28)16-17-11-13-19(14-12-17)24-20-8-2-3-9-21(20)25(30)27-26-24/h3-14H,15-16H2,1-2H3,(H,28,31);2-13,16H,14-15H2,1H3,(H,27,30);2-11,14H,12-13,15H2,1H3,(H,27,30);1-4,6,8-14H,5,7,15-16H2,(H,27,30). The number of H-pyrrole nitrogens is 4. The van der Waals surface area contributed by atoms with Crippen LogP contribution >= 0.6 is 0 Å². The van der Waals surface area contributed by atoms with Crippen molar-refractivity contribution in [1.29, 1.82) is 0 Å². The monoisotopic (exact) mass is 1590 g/mol. The van der Waals surface area contributed by atoms with E-state index in [4.69, 9.17) is 0 Å². The Morgan fingerprint density at radius 1 is 0.347 bits per heavy atom. The maximum atomic E-state index is 13.1. The summed E-state index contributed by atoms with van der Waals surface area (Å²) in [4.78, 5) is 108. The number of carbonyl (C=O) groups excluding carboxylic acids is 4. The third kappa shape index (κ3) is 16.4. The van der Waals surface area contributed by atoms with Crippen LogP contribution in [0.2, 0.25) is 0 Å². The fourth-order valence-electron chi connectivity index (χ4n) is 17.1. The molecule has 0 radical (unpaired) electrons. The highest BCUT2D eigenvalue weighted by molar-refractivity contribution is 6.02. The lowest BCUT2D eigenvalue weighted by atomic mass is 9.87. The summed E-state index contributed by atoms with van der Waals surface area (Å²) in [6, 6.07) is 92.0. The predicted molar refractivity (Wildman–Crippen MR) is 479 cm³/mol. The molecule has 598 valence electrons. The summed E-state index contributed by atoms with van der Waals surface area (Å²) in [7, 11) is 0. The molecule has 0 spiro atoms. The maximum Gasteiger partial charge on any atom is 0.272 e. The number of aromatic amines is 4. The van der Waals surface area contributed by atoms with Crippen molar-refractivity contribution in [2.75, 3.05) is 39.2 Å². The van der Waals surface area contributed by atoms with Crippen molar-refractivity contribution in [3.05, 3.63) is 377 Å². The smallest absolute Gasteiger partial charge is 0.272 e. The van der Waals surface area contributed by atoms with Crippen molar-refractivity contribution in [2.45, 2.75) is 90.5 Å². The molecule has 20 nitrogen and oxygen atoms in total. The van der Waals surface area contributed by atoms with Crippen molar-refractivity contribution in [3.63, 3.8) is 0 Å². The van der Waals surface area contributed by atoms with Crippen LogP contribution in [0.1, 0.15) is 77.3 Å². The third-order valence-corrected chi connectivity index (χ3v) is 23.2. The minimum absolute atomic E-state index is 0.0485. The molecule has 4 amide bonds. The van der Waals surface area contributed by atoms with Crippen molar-refractivity contribution >= 4 is 89.5 Å². The Balaban J connectivity index is 0.000000115. The van der Waals surface area contributed by atoms with Crippen molar-refractivity contribution in [3.8, 4) is 45.0 Å². The molecule has 121 heavy (non-hydrogen) atoms. The highest BCUT2D eigenvalue weighted by Crippen LogP contribution is 2.42. The molecule has 4 aromatic heterocycles. The number of para-hydroxylation sites is 3. The summed E-state index contributed by atoms with van der Waals surface area (Å²) in [6.07, 6.45) is 5.21. The molecule has 20 heteroatoms. The Morgan fingerprint density at radius 2 is 0.686 bits per heavy atom. The van der Waals surface area contributed by atoms with Gasteiger partial charge in [-0.1, -0.05) is 250 Å². The van der Waals surface area contributed by atoms with E-state index in [-0.39, 0.29) is 57.3 Å². The number of hydrogen-bond acceptors (Lipinski definition) is 12. The highest BCUT2D eigenvalue weighted by atomic mass is 16.2. The zero-order valence-electron chi connectivity index (χ0n) is 67.3. The molecule has 16 aromatic rings. The van der Waals surface area contributed by atoms with Gasteiger partial charge in [0.05, 0.1) is 70.0 Å². The Bertz CT molecular complexity index is 6940. The van der Waals surface area contributed by atoms with Gasteiger partial charge < -0.3 is 19.6 Å². The number of hydrogen-bond donors (Lipinski definition) is 4. The van der Waals surface area contributed by atoms with Gasteiger partial charge in [-0.2, -0.15) is 20.4 Å². The summed E-state index contributed by atoms with van der Waals surface area (Å²) in [6.45, 7) is 10.7. The van der Waals surface area contributed by atoms with E-state index in [0.29, 0.717) is 53.8 Å². The number of carbonyl (C=O) groups is 4. The van der Waals surface area contributed by atoms with E-state index in [1.807, 2.05) is 244 Å². The van der Waals surface area contributed by atoms with Gasteiger partial charge in [0, 0.05) is 97.6 Å². The van der Waals surface area contributed by atoms with Crippen LogP contribution < -0.4 is 41.8 Å². The van der Waals surface area contributed by atoms with Gasteiger partial charge in [-0.15, -0.1) is 0 Å². The quantitative estimate of drug-likeness (QED) is 0.0890. The number of nitrogens with zero attached hydrogens (tertiary/aromatic N) is 8. The minimum Gasteiger partial charge on any atom is -0.312 e. The second kappa shape index (κ2) is 34.0. The molecule has 0 aliphatic carbocycles. The van der Waals surface area contributed by atoms with E-state index in [9.17, 15) is 38.4 Å². The summed E-state index contributed by atoms with van der Waals surface area (Å²) < 4.78 is 0. The summed E-state index contributed by atoms with van der Waals surface area (Å²) >= 11 is 0. The lowest BCUT2D eigenvalue weighted by Crippen LogP contribution is -2.36. The van der Waals surface area contributed by atoms with Gasteiger partial charge in [0.1, 0.15) is 0 Å². The zero-order chi connectivity index (χ0) is 83.4. The SMILES string of the molecule is CC1(C)CN(C(=O)Cc2ccc(-c3n[nH]c(=O)c4ccccc34)cc2)c2ccccc21.CC1Cc2ccccc2N1C(=O)Cc1ccc(-c2n[nH]c(=O)c3ccccc23)cc1.Cc1ccc2c(c1)N(C(=O)Cc1ccc(-c3n[nH]c(=O)c4ccccc34)cc1)CC2.O=C(Cc1ccc(-c2n[nH]c(=O)c3ccccc23)cc1)N1CCCc2ccccc21. The predicted octanol–water partition coefficient (Wildman–Crippen LogP) is 16.7. The first-order valence-corrected chi connectivity index (χ1v) is 40.7. The minimum atomic E-state index is -0.199. The van der Waals surface area contributed by atoms with Crippen molar-refractivity contribution < 1.29 is 19.2 Å². The van der Waals surface area contributed by atoms with Crippen LogP contribution in [0, 0.1) is 6.92 Å². The van der Waals surface area contributed by atoms with E-state index in [1.165, 1.54) is 27.8 Å². The molecule has 8 heterocycles. The molecule has 0 saturated carbocycles. The first-order chi connectivity index (χ1) is 58.9. The molecule has 1 unspecified atom stereocenters. The number of benzene rings is 12. The highest BCUT2D eigenvalue weighted by Gasteiger charge is 2.38. The summed E-state index contributed by atoms with van der Waals surface area (Å²) in [5.74, 6) is 0.424. The van der Waals surface area contributed by atoms with Crippen LogP contribution in [0.25, 0.3) is 88.1 Å². The average Bonchev–Trinajstić information content (AvgIpc) is 1.66. The fraction of sp³-hybridized carbons (Fsp3) is 0.168. The molecule has 12 aromatic carbocycles. The first-order valence-electron chi connectivity index (χ1n) is 40.7. The van der Waals surface area contributed by atoms with Gasteiger partial charge in [-0.3, -0.25) is 38.4 Å². The van der Waals surface area contributed by atoms with Crippen LogP contribution in [0.3, 0.4) is 0 Å². The van der Waals surface area contributed by atoms with E-state index < -0.39 is 0 Å². The zero-order valence-corrected chi connectivity index (χ0v) is 67.3. The Morgan fingerprint density at radius 3 is 1.12 bits per heavy atom. The molecular weight excluding hydrogens is 1510 g/mol. The third-order valence-electron chi connectivity index (χ3n) is 23.2. The number of nitrogens with one attached hydrogen (secondary N) is 4. The Hall–Kier alpha value is -14.9. The van der Waals surface area contributed by atoms with E-state index in [0.717, 1.165) is 150 Å². The van der Waals surface area contributed by atoms with Gasteiger partial charge >= 0.3 is 0 Å². The molecule has 0 fully saturated rings. The van der Waals surface area contributed by atoms with Gasteiger partial charge in [0.2, 0.25) is 23.6 Å². The Kier molecular flexibility index (Phi) is 22.1. The van der Waals surface area contributed by atoms with Gasteiger partial charge in [-0.25, -0.2) is 20.4 Å². The second-order valence-corrected chi connectivity index (χ2v) is 31.8. The van der Waals surface area contributed by atoms with Crippen LogP contribution in [-0.4, -0.2) is 90.1 Å². The lowest BCUT2D eigenvalue weighted by molar-refractivity contribution is -0.119. The second-order valence-electron chi connectivity index (χ2n) is 31.8. The van der Waals surface area contributed by atoms with Crippen LogP contribution in [0.15, 0.2) is 304 Å². The molecule has 1 atom stereocenters. The molecule has 4 N–H and O–H groups in total. The van der Waals surface area contributed by atoms with E-state index >= 15 is 0 Å². The molecule has 0 saturated heterocycles. The van der Waals surface area contributed by atoms with Gasteiger partial charge in [-0.05, 0) is 138 Å². The number of rotatable bonds is 12. The van der Waals surface area contributed by atoms with Crippen molar-refractivity contribution in [2.24, 2.45) is 0 Å². The Labute approximate surface area is 696 Å². The molecule has 20 rings (SSSR count). The van der Waals surface area contributed by atoms with Gasteiger partial charge in [0.15, 0.2) is 0 Å². The maximum absolute atomic E-state index is 13.1. The molecular formula is C101H86N12O8.